The van der Waals surface area contributed by atoms with Gasteiger partial charge in [-0.25, -0.2) is 4.98 Å². The van der Waals surface area contributed by atoms with E-state index < -0.39 is 0 Å². The minimum Gasteiger partial charge on any atom is -0.487 e. The Labute approximate surface area is 166 Å². The van der Waals surface area contributed by atoms with E-state index in [0.29, 0.717) is 6.61 Å². The highest BCUT2D eigenvalue weighted by atomic mass is 16.5. The second-order valence-electron chi connectivity index (χ2n) is 8.11. The predicted octanol–water partition coefficient (Wildman–Crippen LogP) is 1.20. The summed E-state index contributed by atoms with van der Waals surface area (Å²) in [6.07, 6.45) is 8.77. The Kier molecular flexibility index (Phi) is 4.47. The molecule has 3 aromatic heterocycles. The largest absolute Gasteiger partial charge is 0.487 e. The lowest BCUT2D eigenvalue weighted by Crippen LogP contribution is -2.44. The van der Waals surface area contributed by atoms with Crippen LogP contribution in [0.4, 0.5) is 5.69 Å². The lowest BCUT2D eigenvalue weighted by Gasteiger charge is -2.34. The zero-order chi connectivity index (χ0) is 19.1. The molecule has 28 heavy (non-hydrogen) atoms. The summed E-state index contributed by atoms with van der Waals surface area (Å²) in [5, 5.41) is 0. The Morgan fingerprint density at radius 1 is 1.14 bits per heavy atom. The average Bonchev–Trinajstić information content (AvgIpc) is 3.46. The maximum absolute atomic E-state index is 5.96. The van der Waals surface area contributed by atoms with E-state index in [1.54, 1.807) is 6.20 Å². The fraction of sp³-hybridized carbons (Fsp3) is 0.429. The molecule has 0 radical (unpaired) electrons. The summed E-state index contributed by atoms with van der Waals surface area (Å²) in [5.74, 6) is 1.56. The van der Waals surface area contributed by atoms with Gasteiger partial charge in [0.25, 0.3) is 0 Å². The lowest BCUT2D eigenvalue weighted by molar-refractivity contribution is 0.302. The fourth-order valence-electron chi connectivity index (χ4n) is 3.91. The quantitative estimate of drug-likeness (QED) is 0.627. The Bertz CT molecular complexity index is 992. The van der Waals surface area contributed by atoms with Crippen molar-refractivity contribution in [1.82, 2.24) is 19.3 Å². The third kappa shape index (κ3) is 3.59. The van der Waals surface area contributed by atoms with E-state index in [9.17, 15) is 0 Å². The number of hydrogen-bond donors (Lipinski definition) is 0. The average molecular weight is 375 g/mol. The van der Waals surface area contributed by atoms with Crippen molar-refractivity contribution < 1.29 is 4.74 Å². The van der Waals surface area contributed by atoms with Crippen molar-refractivity contribution in [2.75, 3.05) is 38.1 Å². The van der Waals surface area contributed by atoms with Crippen LogP contribution < -0.4 is 15.2 Å². The van der Waals surface area contributed by atoms with Crippen LogP contribution in [0.3, 0.4) is 0 Å². The maximum Gasteiger partial charge on any atom is 0.164 e. The second kappa shape index (κ2) is 7.13. The highest BCUT2D eigenvalue weighted by Crippen LogP contribution is 2.42. The number of pyridine rings is 2. The van der Waals surface area contributed by atoms with Gasteiger partial charge >= 0.3 is 0 Å². The van der Waals surface area contributed by atoms with E-state index in [-0.39, 0.29) is 0 Å². The second-order valence-corrected chi connectivity index (χ2v) is 8.11. The van der Waals surface area contributed by atoms with Gasteiger partial charge in [-0.3, -0.25) is 4.98 Å². The molecule has 0 atom stereocenters. The summed E-state index contributed by atoms with van der Waals surface area (Å²) < 4.78 is 8.16. The van der Waals surface area contributed by atoms with Crippen LogP contribution in [0.5, 0.6) is 5.75 Å². The molecule has 0 unspecified atom stereocenters. The van der Waals surface area contributed by atoms with Crippen LogP contribution in [-0.2, 0) is 6.61 Å². The zero-order valence-corrected chi connectivity index (χ0v) is 16.6. The maximum atomic E-state index is 5.96. The SMILES string of the molecule is Bc1cc(OCc2cn3cc(C4CC4)cc(N4CCN(C)CC4)c3n2)ccn1. The van der Waals surface area contributed by atoms with Crippen LogP contribution in [0.25, 0.3) is 5.65 Å². The summed E-state index contributed by atoms with van der Waals surface area (Å²) in [5.41, 5.74) is 5.66. The summed E-state index contributed by atoms with van der Waals surface area (Å²) in [4.78, 5) is 14.0. The van der Waals surface area contributed by atoms with Gasteiger partial charge in [-0.15, -0.1) is 0 Å². The van der Waals surface area contributed by atoms with Gasteiger partial charge in [0.15, 0.2) is 13.5 Å². The van der Waals surface area contributed by atoms with Gasteiger partial charge in [-0.05, 0) is 55.2 Å². The van der Waals surface area contributed by atoms with Gasteiger partial charge in [-0.2, -0.15) is 0 Å². The smallest absolute Gasteiger partial charge is 0.164 e. The molecule has 1 aliphatic heterocycles. The van der Waals surface area contributed by atoms with E-state index in [1.165, 1.54) is 24.1 Å². The number of rotatable bonds is 5. The highest BCUT2D eigenvalue weighted by molar-refractivity contribution is 6.30. The summed E-state index contributed by atoms with van der Waals surface area (Å²) in [6.45, 7) is 4.76. The van der Waals surface area contributed by atoms with Crippen molar-refractivity contribution in [2.24, 2.45) is 0 Å². The molecule has 1 saturated heterocycles. The number of likely N-dealkylation sites (N-methyl/N-ethyl adjacent to an activating group) is 1. The van der Waals surface area contributed by atoms with Crippen LogP contribution >= 0.6 is 0 Å². The van der Waals surface area contributed by atoms with Gasteiger partial charge in [-0.1, -0.05) is 0 Å². The van der Waals surface area contributed by atoms with Crippen LogP contribution in [0.15, 0.2) is 36.8 Å². The monoisotopic (exact) mass is 375 g/mol. The van der Waals surface area contributed by atoms with Crippen LogP contribution in [0.2, 0.25) is 0 Å². The summed E-state index contributed by atoms with van der Waals surface area (Å²) >= 11 is 0. The van der Waals surface area contributed by atoms with Crippen LogP contribution in [0.1, 0.15) is 30.0 Å². The first-order valence-electron chi connectivity index (χ1n) is 10.2. The first-order valence-corrected chi connectivity index (χ1v) is 10.2. The van der Waals surface area contributed by atoms with Gasteiger partial charge in [0.05, 0.1) is 11.4 Å². The number of imidazole rings is 1. The van der Waals surface area contributed by atoms with E-state index in [2.05, 4.69) is 44.7 Å². The van der Waals surface area contributed by atoms with Gasteiger partial charge < -0.3 is 18.9 Å². The molecule has 2 aliphatic rings. The van der Waals surface area contributed by atoms with E-state index in [0.717, 1.165) is 54.8 Å². The van der Waals surface area contributed by atoms with Crippen LogP contribution in [0, 0.1) is 0 Å². The zero-order valence-electron chi connectivity index (χ0n) is 16.6. The molecule has 144 valence electrons. The molecule has 1 aliphatic carbocycles. The number of hydrogen-bond acceptors (Lipinski definition) is 5. The first-order chi connectivity index (χ1) is 13.7. The molecular formula is C21H26BN5O. The Morgan fingerprint density at radius 3 is 2.71 bits per heavy atom. The molecule has 0 spiro atoms. The molecule has 4 heterocycles. The van der Waals surface area contributed by atoms with E-state index in [1.807, 2.05) is 20.0 Å². The minimum absolute atomic E-state index is 0.464. The Balaban J connectivity index is 1.44. The summed E-state index contributed by atoms with van der Waals surface area (Å²) in [6, 6.07) is 6.22. The molecule has 0 bridgehead atoms. The third-order valence-electron chi connectivity index (χ3n) is 5.75. The molecule has 0 amide bonds. The summed E-state index contributed by atoms with van der Waals surface area (Å²) in [7, 11) is 4.17. The predicted molar refractivity (Wildman–Crippen MR) is 114 cm³/mol. The van der Waals surface area contributed by atoms with Crippen molar-refractivity contribution in [3.05, 3.63) is 48.0 Å². The fourth-order valence-corrected chi connectivity index (χ4v) is 3.91. The van der Waals surface area contributed by atoms with Crippen molar-refractivity contribution in [2.45, 2.75) is 25.4 Å². The molecule has 2 fully saturated rings. The number of aromatic nitrogens is 3. The van der Waals surface area contributed by atoms with Gasteiger partial charge in [0, 0.05) is 44.8 Å². The first kappa shape index (κ1) is 17.6. The normalized spacial score (nSPS) is 18.0. The topological polar surface area (TPSA) is 45.9 Å². The molecule has 1 saturated carbocycles. The van der Waals surface area contributed by atoms with E-state index >= 15 is 0 Å². The molecule has 5 rings (SSSR count). The van der Waals surface area contributed by atoms with Gasteiger partial charge in [0.1, 0.15) is 12.4 Å². The Morgan fingerprint density at radius 2 is 1.96 bits per heavy atom. The van der Waals surface area contributed by atoms with Crippen molar-refractivity contribution in [3.63, 3.8) is 0 Å². The molecular weight excluding hydrogens is 349 g/mol. The number of anilines is 1. The van der Waals surface area contributed by atoms with E-state index in [4.69, 9.17) is 9.72 Å². The molecule has 0 aromatic carbocycles. The highest BCUT2D eigenvalue weighted by Gasteiger charge is 2.27. The van der Waals surface area contributed by atoms with Crippen molar-refractivity contribution in [3.8, 4) is 5.75 Å². The number of ether oxygens (including phenoxy) is 1. The molecule has 0 N–H and O–H groups in total. The van der Waals surface area contributed by atoms with Crippen molar-refractivity contribution in [1.29, 1.82) is 0 Å². The Hall–Kier alpha value is -2.54. The number of nitrogens with zero attached hydrogens (tertiary/aromatic N) is 5. The number of fused-ring (bicyclic) bond motifs is 1. The standard InChI is InChI=1S/C21H26BN5O/c1-25-6-8-26(9-7-25)19-10-16(15-2-3-15)12-27-13-17(24-21(19)27)14-28-18-4-5-23-20(22)11-18/h4-5,10-13,15H,2-3,6-9,14,22H2,1H3. The van der Waals surface area contributed by atoms with Gasteiger partial charge in [0.2, 0.25) is 0 Å². The minimum atomic E-state index is 0.464. The molecule has 6 nitrogen and oxygen atoms in total. The molecule has 3 aromatic rings. The lowest BCUT2D eigenvalue weighted by atomic mass is 10.0. The third-order valence-corrected chi connectivity index (χ3v) is 5.75. The molecule has 7 heteroatoms. The van der Waals surface area contributed by atoms with Crippen LogP contribution in [-0.4, -0.2) is 60.3 Å². The van der Waals surface area contributed by atoms with Crippen molar-refractivity contribution >= 4 is 24.8 Å². The number of piperazine rings is 1.